The van der Waals surface area contributed by atoms with E-state index in [4.69, 9.17) is 4.74 Å². The minimum atomic E-state index is -0.307. The third-order valence-electron chi connectivity index (χ3n) is 2.80. The third kappa shape index (κ3) is 5.09. The van der Waals surface area contributed by atoms with Crippen molar-refractivity contribution < 1.29 is 13.9 Å². The van der Waals surface area contributed by atoms with E-state index in [0.717, 1.165) is 6.54 Å². The van der Waals surface area contributed by atoms with E-state index in [2.05, 4.69) is 10.3 Å². The van der Waals surface area contributed by atoms with Crippen molar-refractivity contribution in [2.24, 2.45) is 0 Å². The molecule has 0 saturated heterocycles. The Morgan fingerprint density at radius 3 is 2.77 bits per heavy atom. The summed E-state index contributed by atoms with van der Waals surface area (Å²) in [6, 6.07) is 5.78. The van der Waals surface area contributed by atoms with Crippen LogP contribution in [-0.4, -0.2) is 43.0 Å². The molecule has 1 N–H and O–H groups in total. The number of rotatable bonds is 7. The van der Waals surface area contributed by atoms with Crippen LogP contribution in [0.15, 0.2) is 29.6 Å². The normalized spacial score (nSPS) is 10.7. The summed E-state index contributed by atoms with van der Waals surface area (Å²) in [5.41, 5.74) is 0.390. The number of ether oxygens (including phenoxy) is 1. The van der Waals surface area contributed by atoms with Gasteiger partial charge in [0.05, 0.1) is 0 Å². The van der Waals surface area contributed by atoms with Crippen LogP contribution >= 0.6 is 11.3 Å². The number of benzene rings is 1. The maximum absolute atomic E-state index is 12.8. The van der Waals surface area contributed by atoms with Gasteiger partial charge in [0.1, 0.15) is 28.9 Å². The summed E-state index contributed by atoms with van der Waals surface area (Å²) in [6.45, 7) is 1.60. The Morgan fingerprint density at radius 2 is 2.09 bits per heavy atom. The smallest absolute Gasteiger partial charge is 0.270 e. The number of thiazole rings is 1. The van der Waals surface area contributed by atoms with E-state index < -0.39 is 0 Å². The van der Waals surface area contributed by atoms with E-state index in [1.807, 2.05) is 19.0 Å². The Labute approximate surface area is 132 Å². The first-order valence-electron chi connectivity index (χ1n) is 6.80. The SMILES string of the molecule is CN(C)CCNC(=O)c1csc(COc2ccc(F)cc2)n1. The molecule has 1 aromatic carbocycles. The van der Waals surface area contributed by atoms with Crippen LogP contribution in [0.1, 0.15) is 15.5 Å². The number of nitrogens with one attached hydrogen (secondary N) is 1. The van der Waals surface area contributed by atoms with Gasteiger partial charge in [0, 0.05) is 18.5 Å². The van der Waals surface area contributed by atoms with Crippen LogP contribution in [0.25, 0.3) is 0 Å². The Morgan fingerprint density at radius 1 is 1.36 bits per heavy atom. The fraction of sp³-hybridized carbons (Fsp3) is 0.333. The Bertz CT molecular complexity index is 614. The van der Waals surface area contributed by atoms with Gasteiger partial charge in [0.15, 0.2) is 0 Å². The molecule has 0 bridgehead atoms. The minimum absolute atomic E-state index is 0.189. The molecule has 0 fully saturated rings. The highest BCUT2D eigenvalue weighted by molar-refractivity contribution is 7.09. The number of halogens is 1. The van der Waals surface area contributed by atoms with Crippen molar-refractivity contribution in [3.05, 3.63) is 46.2 Å². The lowest BCUT2D eigenvalue weighted by molar-refractivity contribution is 0.0946. The van der Waals surface area contributed by atoms with Gasteiger partial charge in [0.2, 0.25) is 0 Å². The number of aromatic nitrogens is 1. The molecule has 22 heavy (non-hydrogen) atoms. The molecule has 0 atom stereocenters. The summed E-state index contributed by atoms with van der Waals surface area (Å²) in [6.07, 6.45) is 0. The van der Waals surface area contributed by atoms with Crippen molar-refractivity contribution in [3.63, 3.8) is 0 Å². The molecule has 7 heteroatoms. The first kappa shape index (κ1) is 16.4. The molecule has 1 aromatic heterocycles. The molecule has 1 heterocycles. The van der Waals surface area contributed by atoms with Crippen molar-refractivity contribution in [1.82, 2.24) is 15.2 Å². The molecule has 2 rings (SSSR count). The maximum atomic E-state index is 12.8. The molecule has 0 aliphatic rings. The van der Waals surface area contributed by atoms with Gasteiger partial charge < -0.3 is 15.0 Å². The van der Waals surface area contributed by atoms with E-state index >= 15 is 0 Å². The predicted molar refractivity (Wildman–Crippen MR) is 83.7 cm³/mol. The van der Waals surface area contributed by atoms with Gasteiger partial charge in [-0.05, 0) is 38.4 Å². The molecular weight excluding hydrogens is 305 g/mol. The monoisotopic (exact) mass is 323 g/mol. The van der Waals surface area contributed by atoms with Crippen molar-refractivity contribution >= 4 is 17.2 Å². The Kier molecular flexibility index (Phi) is 5.85. The lowest BCUT2D eigenvalue weighted by Crippen LogP contribution is -2.31. The van der Waals surface area contributed by atoms with Crippen molar-refractivity contribution in [2.75, 3.05) is 27.2 Å². The molecule has 0 spiro atoms. The van der Waals surface area contributed by atoms with E-state index in [9.17, 15) is 9.18 Å². The second-order valence-electron chi connectivity index (χ2n) is 4.93. The van der Waals surface area contributed by atoms with Crippen LogP contribution in [-0.2, 0) is 6.61 Å². The second-order valence-corrected chi connectivity index (χ2v) is 5.87. The first-order valence-corrected chi connectivity index (χ1v) is 7.68. The lowest BCUT2D eigenvalue weighted by Gasteiger charge is -2.09. The van der Waals surface area contributed by atoms with Crippen LogP contribution in [0.3, 0.4) is 0 Å². The van der Waals surface area contributed by atoms with Crippen LogP contribution in [0.2, 0.25) is 0 Å². The zero-order chi connectivity index (χ0) is 15.9. The van der Waals surface area contributed by atoms with Gasteiger partial charge in [0.25, 0.3) is 5.91 Å². The number of hydrogen-bond acceptors (Lipinski definition) is 5. The van der Waals surface area contributed by atoms with E-state index in [-0.39, 0.29) is 18.3 Å². The lowest BCUT2D eigenvalue weighted by atomic mass is 10.3. The van der Waals surface area contributed by atoms with Crippen LogP contribution in [0.5, 0.6) is 5.75 Å². The topological polar surface area (TPSA) is 54.5 Å². The quantitative estimate of drug-likeness (QED) is 0.848. The summed E-state index contributed by atoms with van der Waals surface area (Å²) < 4.78 is 18.3. The number of carbonyl (C=O) groups excluding carboxylic acids is 1. The minimum Gasteiger partial charge on any atom is -0.486 e. The summed E-state index contributed by atoms with van der Waals surface area (Å²) in [5.74, 6) is 0.0676. The first-order chi connectivity index (χ1) is 10.5. The van der Waals surface area contributed by atoms with Crippen LogP contribution in [0.4, 0.5) is 4.39 Å². The van der Waals surface area contributed by atoms with Crippen molar-refractivity contribution in [1.29, 1.82) is 0 Å². The third-order valence-corrected chi connectivity index (χ3v) is 3.63. The number of hydrogen-bond donors (Lipinski definition) is 1. The highest BCUT2D eigenvalue weighted by atomic mass is 32.1. The molecule has 0 aliphatic heterocycles. The van der Waals surface area contributed by atoms with Crippen molar-refractivity contribution in [3.8, 4) is 5.75 Å². The van der Waals surface area contributed by atoms with Crippen molar-refractivity contribution in [2.45, 2.75) is 6.61 Å². The number of likely N-dealkylation sites (N-methyl/N-ethyl adjacent to an activating group) is 1. The van der Waals surface area contributed by atoms with Gasteiger partial charge in [-0.2, -0.15) is 0 Å². The standard InChI is InChI=1S/C15H18FN3O2S/c1-19(2)8-7-17-15(20)13-10-22-14(18-13)9-21-12-5-3-11(16)4-6-12/h3-6,10H,7-9H2,1-2H3,(H,17,20). The number of carbonyl (C=O) groups is 1. The van der Waals surface area contributed by atoms with Crippen LogP contribution < -0.4 is 10.1 Å². The van der Waals surface area contributed by atoms with E-state index in [1.54, 1.807) is 17.5 Å². The number of amides is 1. The zero-order valence-electron chi connectivity index (χ0n) is 12.5. The fourth-order valence-electron chi connectivity index (χ4n) is 1.64. The molecular formula is C15H18FN3O2S. The van der Waals surface area contributed by atoms with E-state index in [1.165, 1.54) is 23.5 Å². The molecule has 2 aromatic rings. The van der Waals surface area contributed by atoms with Crippen LogP contribution in [0, 0.1) is 5.82 Å². The molecule has 0 aliphatic carbocycles. The second kappa shape index (κ2) is 7.86. The molecule has 0 saturated carbocycles. The average Bonchev–Trinajstić information content (AvgIpc) is 2.95. The molecule has 1 amide bonds. The zero-order valence-corrected chi connectivity index (χ0v) is 13.3. The maximum Gasteiger partial charge on any atom is 0.270 e. The molecule has 5 nitrogen and oxygen atoms in total. The highest BCUT2D eigenvalue weighted by Crippen LogP contribution is 2.16. The molecule has 118 valence electrons. The predicted octanol–water partition coefficient (Wildman–Crippen LogP) is 2.15. The van der Waals surface area contributed by atoms with Gasteiger partial charge in [-0.3, -0.25) is 4.79 Å². The summed E-state index contributed by atoms with van der Waals surface area (Å²) in [4.78, 5) is 18.1. The summed E-state index contributed by atoms with van der Waals surface area (Å²) >= 11 is 1.36. The van der Waals surface area contributed by atoms with Gasteiger partial charge in [-0.1, -0.05) is 0 Å². The van der Waals surface area contributed by atoms with Gasteiger partial charge >= 0.3 is 0 Å². The molecule has 0 radical (unpaired) electrons. The largest absolute Gasteiger partial charge is 0.486 e. The Balaban J connectivity index is 1.83. The van der Waals surface area contributed by atoms with Gasteiger partial charge in [-0.15, -0.1) is 11.3 Å². The highest BCUT2D eigenvalue weighted by Gasteiger charge is 2.10. The summed E-state index contributed by atoms with van der Waals surface area (Å²) in [5, 5.41) is 5.20. The van der Waals surface area contributed by atoms with E-state index in [0.29, 0.717) is 23.0 Å². The fourth-order valence-corrected chi connectivity index (χ4v) is 2.33. The molecule has 0 unspecified atom stereocenters. The van der Waals surface area contributed by atoms with Gasteiger partial charge in [-0.25, -0.2) is 9.37 Å². The average molecular weight is 323 g/mol. The number of nitrogens with zero attached hydrogens (tertiary/aromatic N) is 2. The Hall–Kier alpha value is -1.99. The summed E-state index contributed by atoms with van der Waals surface area (Å²) in [7, 11) is 3.89.